The highest BCUT2D eigenvalue weighted by atomic mass is 35.5. The van der Waals surface area contributed by atoms with Crippen LogP contribution in [0, 0.1) is 0 Å². The largest absolute Gasteiger partial charge is 0.147 e. The van der Waals surface area contributed by atoms with Crippen LogP contribution in [0.5, 0.6) is 0 Å². The van der Waals surface area contributed by atoms with E-state index in [9.17, 15) is 0 Å². The van der Waals surface area contributed by atoms with Crippen molar-refractivity contribution in [3.05, 3.63) is 25.3 Å². The van der Waals surface area contributed by atoms with E-state index >= 15 is 0 Å². The molecule has 0 aromatic carbocycles. The summed E-state index contributed by atoms with van der Waals surface area (Å²) in [6.45, 7) is 6.72. The summed E-state index contributed by atoms with van der Waals surface area (Å²) >= 11 is 0. The Morgan fingerprint density at radius 1 is 0.625 bits per heavy atom. The fourth-order valence-corrected chi connectivity index (χ4v) is 0. The summed E-state index contributed by atoms with van der Waals surface area (Å²) in [6.07, 6.45) is 3.28. The lowest BCUT2D eigenvalue weighted by Crippen LogP contribution is -1.21. The van der Waals surface area contributed by atoms with Gasteiger partial charge >= 0.3 is 0 Å². The second-order valence-corrected chi connectivity index (χ2v) is 0.471. The maximum atomic E-state index is 3.36. The maximum Gasteiger partial charge on any atom is -0.0701 e. The topological polar surface area (TPSA) is 0 Å². The van der Waals surface area contributed by atoms with Gasteiger partial charge < -0.3 is 0 Å². The Labute approximate surface area is 75.1 Å². The highest BCUT2D eigenvalue weighted by Gasteiger charge is 1.29. The van der Waals surface area contributed by atoms with Gasteiger partial charge in [-0.05, 0) is 0 Å². The van der Waals surface area contributed by atoms with Gasteiger partial charge in [0.1, 0.15) is 0 Å². The molecule has 0 unspecified atom stereocenters. The Morgan fingerprint density at radius 3 is 0.750 bits per heavy atom. The molecule has 0 N–H and O–H groups in total. The molecular weight excluding hydrogens is 190 g/mol. The van der Waals surface area contributed by atoms with Crippen LogP contribution in [0.15, 0.2) is 25.3 Å². The molecule has 4 heteroatoms. The lowest BCUT2D eigenvalue weighted by Gasteiger charge is -1.44. The van der Waals surface area contributed by atoms with Crippen LogP contribution in [-0.2, 0) is 0 Å². The van der Waals surface area contributed by atoms with Crippen molar-refractivity contribution in [1.82, 2.24) is 0 Å². The van der Waals surface area contributed by atoms with Crippen LogP contribution < -0.4 is 0 Å². The smallest absolute Gasteiger partial charge is 0.0701 e. The summed E-state index contributed by atoms with van der Waals surface area (Å²) < 4.78 is 0. The molecule has 0 spiro atoms. The van der Waals surface area contributed by atoms with E-state index in [0.717, 1.165) is 0 Å². The molecule has 0 saturated carbocycles. The van der Waals surface area contributed by atoms with Gasteiger partial charge in [-0.1, -0.05) is 25.3 Å². The molecule has 54 valence electrons. The molecule has 0 radical (unpaired) electrons. The van der Waals surface area contributed by atoms with Crippen LogP contribution in [0.1, 0.15) is 0 Å². The minimum Gasteiger partial charge on any atom is -0.147 e. The molecule has 0 aliphatic carbocycles. The molecule has 8 heavy (non-hydrogen) atoms. The molecule has 0 rings (SSSR count). The molecule has 0 nitrogen and oxygen atoms in total. The van der Waals surface area contributed by atoms with Crippen molar-refractivity contribution in [1.29, 1.82) is 0 Å². The van der Waals surface area contributed by atoms with E-state index in [0.29, 0.717) is 0 Å². The van der Waals surface area contributed by atoms with Gasteiger partial charge in [-0.2, -0.15) is 0 Å². The Bertz CT molecular complexity index is 29.0. The lowest BCUT2D eigenvalue weighted by atomic mass is 10.6. The quantitative estimate of drug-likeness (QED) is 0.570. The summed E-state index contributed by atoms with van der Waals surface area (Å²) in [5.41, 5.74) is 0. The summed E-state index contributed by atoms with van der Waals surface area (Å²) in [7, 11) is 0. The number of halogens is 4. The van der Waals surface area contributed by atoms with Crippen molar-refractivity contribution in [2.75, 3.05) is 0 Å². The minimum absolute atomic E-state index is 0. The van der Waals surface area contributed by atoms with E-state index in [1.807, 2.05) is 0 Å². The zero-order valence-electron chi connectivity index (χ0n) is 4.20. The SMILES string of the molecule is C=CC=C.Cl.Cl.Cl.Cl. The van der Waals surface area contributed by atoms with Gasteiger partial charge in [0.15, 0.2) is 0 Å². The third kappa shape index (κ3) is 78.5. The van der Waals surface area contributed by atoms with Crippen LogP contribution in [0.4, 0.5) is 0 Å². The normalized spacial score (nSPS) is 2.50. The van der Waals surface area contributed by atoms with Gasteiger partial charge in [0.25, 0.3) is 0 Å². The van der Waals surface area contributed by atoms with Crippen molar-refractivity contribution in [2.45, 2.75) is 0 Å². The van der Waals surface area contributed by atoms with Crippen molar-refractivity contribution >= 4 is 49.6 Å². The fraction of sp³-hybridized carbons (Fsp3) is 0. The molecule has 0 aliphatic heterocycles. The predicted octanol–water partition coefficient (Wildman–Crippen LogP) is 3.05. The number of hydrogen-bond acceptors (Lipinski definition) is 0. The molecule has 0 bridgehead atoms. The van der Waals surface area contributed by atoms with E-state index in [4.69, 9.17) is 0 Å². The van der Waals surface area contributed by atoms with Crippen molar-refractivity contribution < 1.29 is 0 Å². The van der Waals surface area contributed by atoms with Gasteiger partial charge in [0.2, 0.25) is 0 Å². The predicted molar refractivity (Wildman–Crippen MR) is 49.4 cm³/mol. The highest BCUT2D eigenvalue weighted by Crippen LogP contribution is 1.52. The zero-order valence-corrected chi connectivity index (χ0v) is 7.47. The summed E-state index contributed by atoms with van der Waals surface area (Å²) in [6, 6.07) is 0. The number of allylic oxidation sites excluding steroid dienone is 2. The monoisotopic (exact) mass is 198 g/mol. The van der Waals surface area contributed by atoms with E-state index in [1.165, 1.54) is 0 Å². The average molecular weight is 200 g/mol. The Hall–Kier alpha value is 0.640. The van der Waals surface area contributed by atoms with Crippen LogP contribution >= 0.6 is 49.6 Å². The van der Waals surface area contributed by atoms with Crippen LogP contribution in [-0.4, -0.2) is 0 Å². The molecule has 0 atom stereocenters. The highest BCUT2D eigenvalue weighted by molar-refractivity contribution is 5.86. The van der Waals surface area contributed by atoms with Gasteiger partial charge in [-0.3, -0.25) is 0 Å². The molecular formula is C4H10Cl4. The van der Waals surface area contributed by atoms with E-state index in [2.05, 4.69) is 13.2 Å². The van der Waals surface area contributed by atoms with E-state index in [-0.39, 0.29) is 49.6 Å². The Morgan fingerprint density at radius 2 is 0.750 bits per heavy atom. The van der Waals surface area contributed by atoms with E-state index < -0.39 is 0 Å². The number of hydrogen-bond donors (Lipinski definition) is 0. The zero-order chi connectivity index (χ0) is 3.41. The van der Waals surface area contributed by atoms with Crippen LogP contribution in [0.25, 0.3) is 0 Å². The van der Waals surface area contributed by atoms with Gasteiger partial charge in [0.05, 0.1) is 0 Å². The first-order valence-electron chi connectivity index (χ1n) is 1.15. The second kappa shape index (κ2) is 48.3. The van der Waals surface area contributed by atoms with Crippen LogP contribution in [0.2, 0.25) is 0 Å². The first kappa shape index (κ1) is 38.1. The first-order chi connectivity index (χ1) is 1.91. The van der Waals surface area contributed by atoms with Gasteiger partial charge in [-0.15, -0.1) is 49.6 Å². The molecule has 0 heterocycles. The third-order valence-corrected chi connectivity index (χ3v) is 0.167. The second-order valence-electron chi connectivity index (χ2n) is 0.471. The summed E-state index contributed by atoms with van der Waals surface area (Å²) in [5, 5.41) is 0. The Balaban J connectivity index is -0.00000000750. The summed E-state index contributed by atoms with van der Waals surface area (Å²) in [4.78, 5) is 0. The van der Waals surface area contributed by atoms with Crippen LogP contribution in [0.3, 0.4) is 0 Å². The Kier molecular flexibility index (Phi) is 230. The van der Waals surface area contributed by atoms with E-state index in [1.54, 1.807) is 12.2 Å². The van der Waals surface area contributed by atoms with Gasteiger partial charge in [0, 0.05) is 0 Å². The third-order valence-electron chi connectivity index (χ3n) is 0.167. The van der Waals surface area contributed by atoms with Crippen molar-refractivity contribution in [3.63, 3.8) is 0 Å². The standard InChI is InChI=1S/C4H6.4ClH/c1-3-4-2;;;;/h3-4H,1-2H2;4*1H. The minimum atomic E-state index is 0. The fourth-order valence-electron chi connectivity index (χ4n) is 0. The molecule has 0 amide bonds. The number of rotatable bonds is 1. The molecule has 0 fully saturated rings. The summed E-state index contributed by atoms with van der Waals surface area (Å²) in [5.74, 6) is 0. The first-order valence-corrected chi connectivity index (χ1v) is 1.15. The molecule has 0 aromatic rings. The molecule has 0 saturated heterocycles. The average Bonchev–Trinajstić information content (AvgIpc) is 1.37. The van der Waals surface area contributed by atoms with Crippen molar-refractivity contribution in [2.24, 2.45) is 0 Å². The molecule has 0 aromatic heterocycles. The van der Waals surface area contributed by atoms with Crippen molar-refractivity contribution in [3.8, 4) is 0 Å². The van der Waals surface area contributed by atoms with Gasteiger partial charge in [-0.25, -0.2) is 0 Å². The molecule has 0 aliphatic rings. The lowest BCUT2D eigenvalue weighted by molar-refractivity contribution is 2.15. The maximum absolute atomic E-state index is 3.36.